The van der Waals surface area contributed by atoms with E-state index < -0.39 is 41.4 Å². The second-order valence-corrected chi connectivity index (χ2v) is 7.95. The van der Waals surface area contributed by atoms with E-state index in [0.717, 1.165) is 23.1 Å². The highest BCUT2D eigenvalue weighted by Gasteiger charge is 2.47. The summed E-state index contributed by atoms with van der Waals surface area (Å²) < 4.78 is 60.6. The number of halogens is 4. The van der Waals surface area contributed by atoms with Crippen molar-refractivity contribution in [1.29, 1.82) is 0 Å². The number of alkyl halides is 3. The van der Waals surface area contributed by atoms with Crippen molar-refractivity contribution in [2.45, 2.75) is 19.3 Å². The lowest BCUT2D eigenvalue weighted by molar-refractivity contribution is -0.274. The van der Waals surface area contributed by atoms with Crippen LogP contribution in [0, 0.1) is 12.7 Å². The molecule has 1 fully saturated rings. The molecule has 1 unspecified atom stereocenters. The summed E-state index contributed by atoms with van der Waals surface area (Å²) in [7, 11) is 1.43. The molecule has 1 N–H and O–H groups in total. The van der Waals surface area contributed by atoms with E-state index in [1.54, 1.807) is 24.3 Å². The number of carbonyl (C=O) groups excluding carboxylic acids is 2. The Morgan fingerprint density at radius 1 is 0.972 bits per heavy atom. The topological polar surface area (TPSA) is 76.1 Å². The monoisotopic (exact) mass is 501 g/mol. The fraction of sp³-hybridized carbons (Fsp3) is 0.154. The maximum Gasteiger partial charge on any atom is 0.573 e. The first-order chi connectivity index (χ1) is 17.0. The summed E-state index contributed by atoms with van der Waals surface area (Å²) in [5.41, 5.74) is 0.549. The Morgan fingerprint density at radius 2 is 1.67 bits per heavy atom. The lowest BCUT2D eigenvalue weighted by atomic mass is 9.94. The quantitative estimate of drug-likeness (QED) is 0.211. The maximum atomic E-state index is 13.8. The third-order valence-electron chi connectivity index (χ3n) is 5.63. The third kappa shape index (κ3) is 4.74. The number of ether oxygens (including phenoxy) is 2. The van der Waals surface area contributed by atoms with Gasteiger partial charge in [-0.15, -0.1) is 13.2 Å². The minimum absolute atomic E-state index is 0.0915. The molecule has 1 saturated heterocycles. The summed E-state index contributed by atoms with van der Waals surface area (Å²) >= 11 is 0. The van der Waals surface area contributed by atoms with E-state index in [0.29, 0.717) is 11.3 Å². The van der Waals surface area contributed by atoms with Crippen molar-refractivity contribution in [1.82, 2.24) is 0 Å². The summed E-state index contributed by atoms with van der Waals surface area (Å²) in [5.74, 6) is -3.17. The first-order valence-corrected chi connectivity index (χ1v) is 10.6. The number of aliphatic hydroxyl groups excluding tert-OH is 1. The maximum absolute atomic E-state index is 13.8. The molecule has 0 aromatic heterocycles. The molecule has 0 saturated carbocycles. The normalized spacial score (nSPS) is 17.4. The summed E-state index contributed by atoms with van der Waals surface area (Å²) in [6, 6.07) is 13.4. The summed E-state index contributed by atoms with van der Waals surface area (Å²) in [6.07, 6.45) is -4.90. The van der Waals surface area contributed by atoms with E-state index in [4.69, 9.17) is 4.74 Å². The third-order valence-corrected chi connectivity index (χ3v) is 5.63. The lowest BCUT2D eigenvalue weighted by Gasteiger charge is -2.26. The van der Waals surface area contributed by atoms with Gasteiger partial charge in [-0.3, -0.25) is 14.5 Å². The Morgan fingerprint density at radius 3 is 2.28 bits per heavy atom. The predicted molar refractivity (Wildman–Crippen MR) is 122 cm³/mol. The zero-order valence-corrected chi connectivity index (χ0v) is 19.0. The summed E-state index contributed by atoms with van der Waals surface area (Å²) in [5, 5.41) is 11.1. The van der Waals surface area contributed by atoms with Gasteiger partial charge in [0.25, 0.3) is 11.7 Å². The van der Waals surface area contributed by atoms with Crippen LogP contribution in [0.1, 0.15) is 22.7 Å². The highest BCUT2D eigenvalue weighted by atomic mass is 19.4. The molecule has 1 amide bonds. The average molecular weight is 501 g/mol. The molecule has 0 bridgehead atoms. The molecule has 0 radical (unpaired) electrons. The summed E-state index contributed by atoms with van der Waals surface area (Å²) in [4.78, 5) is 27.4. The van der Waals surface area contributed by atoms with Gasteiger partial charge in [-0.25, -0.2) is 4.39 Å². The van der Waals surface area contributed by atoms with Crippen LogP contribution in [0.3, 0.4) is 0 Å². The van der Waals surface area contributed by atoms with Crippen molar-refractivity contribution in [3.63, 3.8) is 0 Å². The first kappa shape index (κ1) is 24.8. The van der Waals surface area contributed by atoms with Gasteiger partial charge < -0.3 is 14.6 Å². The van der Waals surface area contributed by atoms with Crippen LogP contribution in [-0.2, 0) is 9.59 Å². The van der Waals surface area contributed by atoms with Gasteiger partial charge in [0.2, 0.25) is 0 Å². The molecule has 1 heterocycles. The number of methoxy groups -OCH3 is 1. The molecule has 3 aromatic carbocycles. The zero-order chi connectivity index (χ0) is 26.2. The number of Topliss-reactive ketones (excluding diaryl/α,β-unsaturated/α-hetero) is 1. The Balaban J connectivity index is 1.88. The van der Waals surface area contributed by atoms with E-state index in [-0.39, 0.29) is 22.4 Å². The number of benzene rings is 3. The van der Waals surface area contributed by atoms with E-state index >= 15 is 0 Å². The second kappa shape index (κ2) is 9.37. The largest absolute Gasteiger partial charge is 0.573 e. The molecule has 0 aliphatic carbocycles. The van der Waals surface area contributed by atoms with Crippen molar-refractivity contribution in [2.24, 2.45) is 0 Å². The molecule has 1 aliphatic rings. The first-order valence-electron chi connectivity index (χ1n) is 10.6. The Bertz CT molecular complexity index is 1370. The standard InChI is InChI=1S/C26H19F4NO5/c1-14-12-16(6-11-20(14)27)23(32)21-22(15-4-3-5-19(13-15)35-2)31(25(34)24(21)33)17-7-9-18(10-8-17)36-26(28,29)30/h3-13,22,32H,1-2H3/b23-21-. The van der Waals surface area contributed by atoms with E-state index in [2.05, 4.69) is 4.74 Å². The fourth-order valence-electron chi connectivity index (χ4n) is 3.98. The Labute approximate surface area is 203 Å². The van der Waals surface area contributed by atoms with Crippen LogP contribution in [-0.4, -0.2) is 30.3 Å². The molecule has 3 aromatic rings. The Hall–Kier alpha value is -4.34. The van der Waals surface area contributed by atoms with Gasteiger partial charge in [0.15, 0.2) is 0 Å². The number of aryl methyl sites for hydroxylation is 1. The molecule has 186 valence electrons. The number of hydrogen-bond donors (Lipinski definition) is 1. The van der Waals surface area contributed by atoms with Gasteiger partial charge >= 0.3 is 6.36 Å². The van der Waals surface area contributed by atoms with Crippen molar-refractivity contribution in [3.05, 3.63) is 94.8 Å². The van der Waals surface area contributed by atoms with Crippen LogP contribution in [0.4, 0.5) is 23.2 Å². The highest BCUT2D eigenvalue weighted by molar-refractivity contribution is 6.51. The van der Waals surface area contributed by atoms with Crippen LogP contribution >= 0.6 is 0 Å². The van der Waals surface area contributed by atoms with Crippen LogP contribution < -0.4 is 14.4 Å². The molecule has 4 rings (SSSR count). The van der Waals surface area contributed by atoms with Crippen molar-refractivity contribution in [3.8, 4) is 11.5 Å². The molecule has 6 nitrogen and oxygen atoms in total. The lowest BCUT2D eigenvalue weighted by Crippen LogP contribution is -2.29. The zero-order valence-electron chi connectivity index (χ0n) is 19.0. The number of carbonyl (C=O) groups is 2. The van der Waals surface area contributed by atoms with Gasteiger partial charge in [-0.2, -0.15) is 0 Å². The van der Waals surface area contributed by atoms with Gasteiger partial charge in [0, 0.05) is 11.3 Å². The van der Waals surface area contributed by atoms with Gasteiger partial charge in [-0.05, 0) is 72.6 Å². The number of hydrogen-bond acceptors (Lipinski definition) is 5. The molecule has 0 spiro atoms. The number of nitrogens with zero attached hydrogens (tertiary/aromatic N) is 1. The van der Waals surface area contributed by atoms with Crippen LogP contribution in [0.2, 0.25) is 0 Å². The number of aliphatic hydroxyl groups is 1. The van der Waals surface area contributed by atoms with E-state index in [9.17, 15) is 32.3 Å². The number of amides is 1. The van der Waals surface area contributed by atoms with Crippen LogP contribution in [0.5, 0.6) is 11.5 Å². The minimum atomic E-state index is -4.90. The molecule has 10 heteroatoms. The number of rotatable bonds is 5. The van der Waals surface area contributed by atoms with Gasteiger partial charge in [0.1, 0.15) is 23.1 Å². The molecule has 1 aliphatic heterocycles. The van der Waals surface area contributed by atoms with E-state index in [1.165, 1.54) is 38.3 Å². The molecule has 36 heavy (non-hydrogen) atoms. The minimum Gasteiger partial charge on any atom is -0.507 e. The van der Waals surface area contributed by atoms with Gasteiger partial charge in [0.05, 0.1) is 18.7 Å². The average Bonchev–Trinajstić information content (AvgIpc) is 3.10. The summed E-state index contributed by atoms with van der Waals surface area (Å²) in [6.45, 7) is 1.48. The second-order valence-electron chi connectivity index (χ2n) is 7.95. The predicted octanol–water partition coefficient (Wildman–Crippen LogP) is 5.67. The van der Waals surface area contributed by atoms with E-state index in [1.807, 2.05) is 0 Å². The van der Waals surface area contributed by atoms with Gasteiger partial charge in [-0.1, -0.05) is 12.1 Å². The number of ketones is 1. The van der Waals surface area contributed by atoms with Crippen molar-refractivity contribution >= 4 is 23.1 Å². The molecule has 1 atom stereocenters. The molecular weight excluding hydrogens is 482 g/mol. The SMILES string of the molecule is COc1cccc(C2/C(=C(/O)c3ccc(F)c(C)c3)C(=O)C(=O)N2c2ccc(OC(F)(F)F)cc2)c1. The van der Waals surface area contributed by atoms with Crippen LogP contribution in [0.25, 0.3) is 5.76 Å². The van der Waals surface area contributed by atoms with Crippen molar-refractivity contribution in [2.75, 3.05) is 12.0 Å². The highest BCUT2D eigenvalue weighted by Crippen LogP contribution is 2.43. The molecular formula is C26H19F4NO5. The van der Waals surface area contributed by atoms with Crippen LogP contribution in [0.15, 0.2) is 72.3 Å². The fourth-order valence-corrected chi connectivity index (χ4v) is 3.98. The van der Waals surface area contributed by atoms with Crippen molar-refractivity contribution < 1.29 is 41.7 Å². The number of anilines is 1. The smallest absolute Gasteiger partial charge is 0.507 e. The Kier molecular flexibility index (Phi) is 6.45.